The van der Waals surface area contributed by atoms with Crippen molar-refractivity contribution in [1.82, 2.24) is 4.90 Å². The molecule has 0 aromatic rings. The molecule has 0 aromatic carbocycles. The molecular weight excluding hydrogens is 202 g/mol. The zero-order chi connectivity index (χ0) is 10.4. The molecule has 1 N–H and O–H groups in total. The van der Waals surface area contributed by atoms with Gasteiger partial charge in [0.15, 0.2) is 0 Å². The Morgan fingerprint density at radius 2 is 2.21 bits per heavy atom. The van der Waals surface area contributed by atoms with Gasteiger partial charge in [0.05, 0.1) is 12.6 Å². The summed E-state index contributed by atoms with van der Waals surface area (Å²) in [7, 11) is 0. The van der Waals surface area contributed by atoms with Crippen LogP contribution in [0.2, 0.25) is 0 Å². The van der Waals surface area contributed by atoms with Gasteiger partial charge in [-0.15, -0.1) is 11.6 Å². The summed E-state index contributed by atoms with van der Waals surface area (Å²) in [6.45, 7) is 0.856. The summed E-state index contributed by atoms with van der Waals surface area (Å²) in [6.07, 6.45) is 4.62. The predicted octanol–water partition coefficient (Wildman–Crippen LogP) is 1.38. The molecule has 3 nitrogen and oxygen atoms in total. The molecule has 1 aliphatic rings. The third-order valence-electron chi connectivity index (χ3n) is 2.72. The number of aliphatic hydroxyl groups excluding tert-OH is 1. The molecule has 82 valence electrons. The summed E-state index contributed by atoms with van der Waals surface area (Å²) in [5.41, 5.74) is 0. The van der Waals surface area contributed by atoms with Gasteiger partial charge in [0.25, 0.3) is 0 Å². The second-order valence-corrected chi connectivity index (χ2v) is 4.09. The van der Waals surface area contributed by atoms with Crippen molar-refractivity contribution in [2.24, 2.45) is 0 Å². The standard InChI is InChI=1S/C10H18ClNO2/c11-6-5-10(14)12-7-3-1-2-4-9(12)8-13/h9,13H,1-8H2. The van der Waals surface area contributed by atoms with Crippen LogP contribution in [0.1, 0.15) is 32.1 Å². The molecular formula is C10H18ClNO2. The zero-order valence-electron chi connectivity index (χ0n) is 8.41. The molecule has 1 rings (SSSR count). The fourth-order valence-electron chi connectivity index (χ4n) is 1.92. The second kappa shape index (κ2) is 6.25. The van der Waals surface area contributed by atoms with E-state index in [0.717, 1.165) is 32.2 Å². The van der Waals surface area contributed by atoms with Crippen molar-refractivity contribution in [3.8, 4) is 0 Å². The number of likely N-dealkylation sites (tertiary alicyclic amines) is 1. The second-order valence-electron chi connectivity index (χ2n) is 3.71. The fraction of sp³-hybridized carbons (Fsp3) is 0.900. The zero-order valence-corrected chi connectivity index (χ0v) is 9.17. The van der Waals surface area contributed by atoms with Gasteiger partial charge in [0.1, 0.15) is 0 Å². The van der Waals surface area contributed by atoms with Crippen molar-refractivity contribution in [3.05, 3.63) is 0 Å². The number of halogens is 1. The average Bonchev–Trinajstić information content (AvgIpc) is 2.42. The van der Waals surface area contributed by atoms with Crippen LogP contribution in [0.4, 0.5) is 0 Å². The molecule has 1 amide bonds. The van der Waals surface area contributed by atoms with Crippen molar-refractivity contribution >= 4 is 17.5 Å². The maximum atomic E-state index is 11.7. The Morgan fingerprint density at radius 1 is 1.43 bits per heavy atom. The highest BCUT2D eigenvalue weighted by atomic mass is 35.5. The van der Waals surface area contributed by atoms with Crippen molar-refractivity contribution in [1.29, 1.82) is 0 Å². The number of aliphatic hydroxyl groups is 1. The molecule has 4 heteroatoms. The summed E-state index contributed by atoms with van der Waals surface area (Å²) in [5.74, 6) is 0.453. The number of hydrogen-bond donors (Lipinski definition) is 1. The van der Waals surface area contributed by atoms with Gasteiger partial charge in [0.2, 0.25) is 5.91 Å². The van der Waals surface area contributed by atoms with Gasteiger partial charge in [-0.1, -0.05) is 12.8 Å². The third kappa shape index (κ3) is 3.14. The van der Waals surface area contributed by atoms with E-state index in [1.54, 1.807) is 4.90 Å². The first kappa shape index (κ1) is 11.8. The fourth-order valence-corrected chi connectivity index (χ4v) is 2.08. The number of amides is 1. The van der Waals surface area contributed by atoms with Crippen LogP contribution in [0, 0.1) is 0 Å². The predicted molar refractivity (Wildman–Crippen MR) is 56.4 cm³/mol. The molecule has 0 aliphatic carbocycles. The van der Waals surface area contributed by atoms with Gasteiger partial charge < -0.3 is 10.0 Å². The summed E-state index contributed by atoms with van der Waals surface area (Å²) >= 11 is 5.54. The highest BCUT2D eigenvalue weighted by Gasteiger charge is 2.23. The maximum Gasteiger partial charge on any atom is 0.224 e. The van der Waals surface area contributed by atoms with Gasteiger partial charge in [-0.3, -0.25) is 4.79 Å². The van der Waals surface area contributed by atoms with Gasteiger partial charge >= 0.3 is 0 Å². The molecule has 1 saturated heterocycles. The minimum atomic E-state index is 0.0215. The van der Waals surface area contributed by atoms with Gasteiger partial charge in [-0.2, -0.15) is 0 Å². The van der Waals surface area contributed by atoms with E-state index in [1.165, 1.54) is 0 Å². The van der Waals surface area contributed by atoms with Crippen LogP contribution >= 0.6 is 11.6 Å². The highest BCUT2D eigenvalue weighted by Crippen LogP contribution is 2.17. The molecule has 1 heterocycles. The van der Waals surface area contributed by atoms with Crippen LogP contribution in [-0.4, -0.2) is 41.0 Å². The van der Waals surface area contributed by atoms with E-state index in [0.29, 0.717) is 12.3 Å². The van der Waals surface area contributed by atoms with Crippen LogP contribution in [0.25, 0.3) is 0 Å². The molecule has 0 spiro atoms. The molecule has 1 unspecified atom stereocenters. The lowest BCUT2D eigenvalue weighted by molar-refractivity contribution is -0.133. The molecule has 0 aromatic heterocycles. The molecule has 1 atom stereocenters. The molecule has 14 heavy (non-hydrogen) atoms. The van der Waals surface area contributed by atoms with Crippen LogP contribution in [-0.2, 0) is 4.79 Å². The summed E-state index contributed by atoms with van der Waals surface area (Å²) < 4.78 is 0. The summed E-state index contributed by atoms with van der Waals surface area (Å²) in [5, 5.41) is 9.18. The number of nitrogens with zero attached hydrogens (tertiary/aromatic N) is 1. The Labute approximate surface area is 90.0 Å². The van der Waals surface area contributed by atoms with Crippen molar-refractivity contribution in [2.45, 2.75) is 38.1 Å². The minimum absolute atomic E-state index is 0.0215. The van der Waals surface area contributed by atoms with E-state index in [1.807, 2.05) is 0 Å². The Morgan fingerprint density at radius 3 is 2.86 bits per heavy atom. The lowest BCUT2D eigenvalue weighted by atomic mass is 10.1. The topological polar surface area (TPSA) is 40.5 Å². The van der Waals surface area contributed by atoms with Crippen molar-refractivity contribution < 1.29 is 9.90 Å². The molecule has 1 aliphatic heterocycles. The largest absolute Gasteiger partial charge is 0.394 e. The molecule has 0 radical (unpaired) electrons. The quantitative estimate of drug-likeness (QED) is 0.729. The maximum absolute atomic E-state index is 11.7. The molecule has 0 saturated carbocycles. The number of carbonyl (C=O) groups excluding carboxylic acids is 1. The Hall–Kier alpha value is -0.280. The Kier molecular flexibility index (Phi) is 5.26. The summed E-state index contributed by atoms with van der Waals surface area (Å²) in [4.78, 5) is 13.5. The van der Waals surface area contributed by atoms with Crippen LogP contribution < -0.4 is 0 Å². The average molecular weight is 220 g/mol. The lowest BCUT2D eigenvalue weighted by Crippen LogP contribution is -2.42. The van der Waals surface area contributed by atoms with E-state index < -0.39 is 0 Å². The van der Waals surface area contributed by atoms with Gasteiger partial charge in [-0.25, -0.2) is 0 Å². The lowest BCUT2D eigenvalue weighted by Gasteiger charge is -2.28. The smallest absolute Gasteiger partial charge is 0.224 e. The highest BCUT2D eigenvalue weighted by molar-refractivity contribution is 6.18. The number of rotatable bonds is 3. The number of hydrogen-bond acceptors (Lipinski definition) is 2. The van der Waals surface area contributed by atoms with E-state index in [2.05, 4.69) is 0 Å². The molecule has 1 fully saturated rings. The first-order valence-electron chi connectivity index (χ1n) is 5.26. The van der Waals surface area contributed by atoms with Crippen molar-refractivity contribution in [2.75, 3.05) is 19.0 Å². The normalized spacial score (nSPS) is 23.3. The first-order chi connectivity index (χ1) is 6.79. The van der Waals surface area contributed by atoms with E-state index in [4.69, 9.17) is 11.6 Å². The van der Waals surface area contributed by atoms with Crippen LogP contribution in [0.15, 0.2) is 0 Å². The van der Waals surface area contributed by atoms with E-state index in [9.17, 15) is 9.90 Å². The number of alkyl halides is 1. The minimum Gasteiger partial charge on any atom is -0.394 e. The number of carbonyl (C=O) groups is 1. The Bertz CT molecular complexity index is 187. The van der Waals surface area contributed by atoms with Crippen LogP contribution in [0.5, 0.6) is 0 Å². The van der Waals surface area contributed by atoms with Gasteiger partial charge in [-0.05, 0) is 12.8 Å². The molecule has 0 bridgehead atoms. The Balaban J connectivity index is 2.55. The van der Waals surface area contributed by atoms with Crippen LogP contribution in [0.3, 0.4) is 0 Å². The van der Waals surface area contributed by atoms with E-state index in [-0.39, 0.29) is 18.6 Å². The monoisotopic (exact) mass is 219 g/mol. The first-order valence-corrected chi connectivity index (χ1v) is 5.79. The van der Waals surface area contributed by atoms with Crippen molar-refractivity contribution in [3.63, 3.8) is 0 Å². The third-order valence-corrected chi connectivity index (χ3v) is 2.91. The van der Waals surface area contributed by atoms with E-state index >= 15 is 0 Å². The summed E-state index contributed by atoms with van der Waals surface area (Å²) in [6, 6.07) is 0.0215. The van der Waals surface area contributed by atoms with Gasteiger partial charge in [0, 0.05) is 18.8 Å². The SMILES string of the molecule is O=C(CCCl)N1CCCCCC1CO.